The summed E-state index contributed by atoms with van der Waals surface area (Å²) >= 11 is 3.73. The summed E-state index contributed by atoms with van der Waals surface area (Å²) in [6, 6.07) is 4.88. The van der Waals surface area contributed by atoms with E-state index in [2.05, 4.69) is 36.8 Å². The fraction of sp³-hybridized carbons (Fsp3) is 0.600. The predicted octanol–water partition coefficient (Wildman–Crippen LogP) is 4.54. The van der Waals surface area contributed by atoms with Crippen LogP contribution in [-0.4, -0.2) is 0 Å². The van der Waals surface area contributed by atoms with Crippen molar-refractivity contribution < 1.29 is 0 Å². The molecule has 4 heteroatoms. The van der Waals surface area contributed by atoms with Crippen molar-refractivity contribution in [1.29, 1.82) is 0 Å². The van der Waals surface area contributed by atoms with E-state index in [-0.39, 0.29) is 0 Å². The van der Waals surface area contributed by atoms with Crippen molar-refractivity contribution >= 4 is 32.1 Å². The van der Waals surface area contributed by atoms with Gasteiger partial charge in [-0.05, 0) is 48.1 Å². The van der Waals surface area contributed by atoms with Crippen LogP contribution in [0.25, 0.3) is 9.40 Å². The number of hydrazine groups is 1. The summed E-state index contributed by atoms with van der Waals surface area (Å²) in [6.07, 6.45) is 3.93. The SMILES string of the molecule is CC1CCC(C(NN)c2cc3sccc3s2)CC1C. The molecule has 4 atom stereocenters. The van der Waals surface area contributed by atoms with Crippen molar-refractivity contribution in [3.8, 4) is 0 Å². The zero-order chi connectivity index (χ0) is 13.4. The van der Waals surface area contributed by atoms with Gasteiger partial charge in [-0.25, -0.2) is 0 Å². The first kappa shape index (κ1) is 13.6. The molecule has 104 valence electrons. The van der Waals surface area contributed by atoms with Gasteiger partial charge in [0.1, 0.15) is 0 Å². The van der Waals surface area contributed by atoms with Gasteiger partial charge in [-0.3, -0.25) is 11.3 Å². The Kier molecular flexibility index (Phi) is 3.94. The summed E-state index contributed by atoms with van der Waals surface area (Å²) in [7, 11) is 0. The third-order valence-corrected chi connectivity index (χ3v) is 6.93. The molecule has 0 saturated heterocycles. The lowest BCUT2D eigenvalue weighted by atomic mass is 9.73. The molecule has 1 saturated carbocycles. The van der Waals surface area contributed by atoms with Gasteiger partial charge in [-0.2, -0.15) is 0 Å². The first-order chi connectivity index (χ1) is 9.19. The summed E-state index contributed by atoms with van der Waals surface area (Å²) in [6.45, 7) is 4.77. The van der Waals surface area contributed by atoms with Crippen LogP contribution in [0.1, 0.15) is 44.0 Å². The van der Waals surface area contributed by atoms with E-state index in [1.54, 1.807) is 0 Å². The standard InChI is InChI=1S/C15H22N2S2/c1-9-3-4-11(7-10(9)2)15(17-16)14-8-13-12(19-14)5-6-18-13/h5-6,8-11,15,17H,3-4,7,16H2,1-2H3. The van der Waals surface area contributed by atoms with Crippen LogP contribution in [0.15, 0.2) is 17.5 Å². The normalized spacial score (nSPS) is 29.7. The molecule has 1 aliphatic carbocycles. The highest BCUT2D eigenvalue weighted by Gasteiger charge is 2.31. The summed E-state index contributed by atoms with van der Waals surface area (Å²) in [5, 5.41) is 2.17. The second-order valence-corrected chi connectivity index (χ2v) is 8.03. The Balaban J connectivity index is 1.82. The quantitative estimate of drug-likeness (QED) is 0.644. The van der Waals surface area contributed by atoms with Crippen molar-refractivity contribution in [2.45, 2.75) is 39.2 Å². The molecule has 0 radical (unpaired) electrons. The smallest absolute Gasteiger partial charge is 0.0582 e. The van der Waals surface area contributed by atoms with Crippen LogP contribution in [-0.2, 0) is 0 Å². The average Bonchev–Trinajstić information content (AvgIpc) is 2.95. The van der Waals surface area contributed by atoms with Gasteiger partial charge >= 0.3 is 0 Å². The van der Waals surface area contributed by atoms with Crippen molar-refractivity contribution in [3.63, 3.8) is 0 Å². The van der Waals surface area contributed by atoms with Crippen LogP contribution < -0.4 is 11.3 Å². The van der Waals surface area contributed by atoms with Crippen molar-refractivity contribution in [3.05, 3.63) is 22.4 Å². The molecule has 4 unspecified atom stereocenters. The highest BCUT2D eigenvalue weighted by atomic mass is 32.1. The predicted molar refractivity (Wildman–Crippen MR) is 85.4 cm³/mol. The fourth-order valence-electron chi connectivity index (χ4n) is 3.28. The Morgan fingerprint density at radius 2 is 2.11 bits per heavy atom. The maximum atomic E-state index is 5.87. The van der Waals surface area contributed by atoms with Crippen LogP contribution in [0.2, 0.25) is 0 Å². The van der Waals surface area contributed by atoms with E-state index < -0.39 is 0 Å². The number of thiophene rings is 2. The summed E-state index contributed by atoms with van der Waals surface area (Å²) < 4.78 is 2.80. The third kappa shape index (κ3) is 2.59. The molecule has 19 heavy (non-hydrogen) atoms. The van der Waals surface area contributed by atoms with E-state index >= 15 is 0 Å². The molecule has 3 N–H and O–H groups in total. The van der Waals surface area contributed by atoms with E-state index in [1.165, 1.54) is 33.5 Å². The molecule has 3 rings (SSSR count). The van der Waals surface area contributed by atoms with Gasteiger partial charge in [-0.1, -0.05) is 20.3 Å². The highest BCUT2D eigenvalue weighted by molar-refractivity contribution is 7.26. The second kappa shape index (κ2) is 5.52. The second-order valence-electron chi connectivity index (χ2n) is 5.97. The van der Waals surface area contributed by atoms with E-state index in [0.29, 0.717) is 12.0 Å². The molecule has 0 bridgehead atoms. The van der Waals surface area contributed by atoms with E-state index in [1.807, 2.05) is 22.7 Å². The molecule has 0 aromatic carbocycles. The maximum absolute atomic E-state index is 5.87. The highest BCUT2D eigenvalue weighted by Crippen LogP contribution is 2.42. The maximum Gasteiger partial charge on any atom is 0.0582 e. The zero-order valence-electron chi connectivity index (χ0n) is 11.6. The van der Waals surface area contributed by atoms with E-state index in [9.17, 15) is 0 Å². The van der Waals surface area contributed by atoms with Gasteiger partial charge in [0.05, 0.1) is 6.04 Å². The molecule has 1 fully saturated rings. The molecule has 2 heterocycles. The lowest BCUT2D eigenvalue weighted by Gasteiger charge is -2.36. The number of hydrogen-bond donors (Lipinski definition) is 2. The van der Waals surface area contributed by atoms with Crippen LogP contribution in [0.4, 0.5) is 0 Å². The minimum atomic E-state index is 0.333. The molecule has 2 aromatic rings. The van der Waals surface area contributed by atoms with Gasteiger partial charge in [-0.15, -0.1) is 22.7 Å². The van der Waals surface area contributed by atoms with Gasteiger partial charge in [0.25, 0.3) is 0 Å². The van der Waals surface area contributed by atoms with Crippen LogP contribution in [0, 0.1) is 17.8 Å². The Morgan fingerprint density at radius 3 is 2.79 bits per heavy atom. The molecule has 1 aliphatic rings. The first-order valence-electron chi connectivity index (χ1n) is 7.12. The largest absolute Gasteiger partial charge is 0.271 e. The number of fused-ring (bicyclic) bond motifs is 1. The minimum absolute atomic E-state index is 0.333. The van der Waals surface area contributed by atoms with Crippen LogP contribution in [0.5, 0.6) is 0 Å². The number of nitrogens with two attached hydrogens (primary N) is 1. The molecule has 0 amide bonds. The van der Waals surface area contributed by atoms with Gasteiger partial charge in [0.15, 0.2) is 0 Å². The number of rotatable bonds is 3. The molecule has 2 nitrogen and oxygen atoms in total. The Morgan fingerprint density at radius 1 is 1.26 bits per heavy atom. The zero-order valence-corrected chi connectivity index (χ0v) is 13.2. The van der Waals surface area contributed by atoms with Gasteiger partial charge in [0, 0.05) is 14.3 Å². The summed E-state index contributed by atoms with van der Waals surface area (Å²) in [4.78, 5) is 1.41. The van der Waals surface area contributed by atoms with Crippen LogP contribution in [0.3, 0.4) is 0 Å². The number of nitrogens with one attached hydrogen (secondary N) is 1. The average molecular weight is 294 g/mol. The summed E-state index contributed by atoms with van der Waals surface area (Å²) in [5.41, 5.74) is 3.09. The molecular weight excluding hydrogens is 272 g/mol. The Labute approximate surface area is 123 Å². The first-order valence-corrected chi connectivity index (χ1v) is 8.81. The summed E-state index contributed by atoms with van der Waals surface area (Å²) in [5.74, 6) is 8.23. The topological polar surface area (TPSA) is 38.0 Å². The molecule has 0 spiro atoms. The lowest BCUT2D eigenvalue weighted by Crippen LogP contribution is -2.36. The Bertz CT molecular complexity index is 517. The van der Waals surface area contributed by atoms with Crippen molar-refractivity contribution in [2.75, 3.05) is 0 Å². The molecule has 0 aliphatic heterocycles. The van der Waals surface area contributed by atoms with Crippen molar-refractivity contribution in [1.82, 2.24) is 5.43 Å². The third-order valence-electron chi connectivity index (χ3n) is 4.75. The van der Waals surface area contributed by atoms with E-state index in [0.717, 1.165) is 11.8 Å². The van der Waals surface area contributed by atoms with Crippen molar-refractivity contribution in [2.24, 2.45) is 23.6 Å². The van der Waals surface area contributed by atoms with E-state index in [4.69, 9.17) is 5.84 Å². The van der Waals surface area contributed by atoms with Crippen LogP contribution >= 0.6 is 22.7 Å². The molecule has 2 aromatic heterocycles. The monoisotopic (exact) mass is 294 g/mol. The lowest BCUT2D eigenvalue weighted by molar-refractivity contribution is 0.173. The minimum Gasteiger partial charge on any atom is -0.271 e. The Hall–Kier alpha value is -0.420. The number of hydrogen-bond acceptors (Lipinski definition) is 4. The van der Waals surface area contributed by atoms with Gasteiger partial charge < -0.3 is 0 Å². The fourth-order valence-corrected chi connectivity index (χ4v) is 5.55. The molecular formula is C15H22N2S2. The van der Waals surface area contributed by atoms with Gasteiger partial charge in [0.2, 0.25) is 0 Å².